The number of methoxy groups -OCH3 is 2. The average Bonchev–Trinajstić information content (AvgIpc) is 3.27. The third-order valence-corrected chi connectivity index (χ3v) is 3.30. The number of rotatable bonds is 6. The van der Waals surface area contributed by atoms with E-state index in [4.69, 9.17) is 9.47 Å². The van der Waals surface area contributed by atoms with E-state index >= 15 is 0 Å². The lowest BCUT2D eigenvalue weighted by Gasteiger charge is -2.23. The number of carbonyl (C=O) groups is 2. The van der Waals surface area contributed by atoms with Gasteiger partial charge in [-0.1, -0.05) is 0 Å². The second kappa shape index (κ2) is 6.47. The molecule has 0 heterocycles. The highest BCUT2D eigenvalue weighted by Crippen LogP contribution is 2.32. The van der Waals surface area contributed by atoms with Crippen LogP contribution in [-0.4, -0.2) is 38.6 Å². The Hall–Kier alpha value is -2.24. The van der Waals surface area contributed by atoms with E-state index in [0.717, 1.165) is 12.8 Å². The Morgan fingerprint density at radius 1 is 1.29 bits per heavy atom. The van der Waals surface area contributed by atoms with Crippen LogP contribution < -0.4 is 19.7 Å². The van der Waals surface area contributed by atoms with Gasteiger partial charge < -0.3 is 14.8 Å². The molecule has 0 spiro atoms. The van der Waals surface area contributed by atoms with Crippen molar-refractivity contribution in [3.05, 3.63) is 18.2 Å². The zero-order valence-corrected chi connectivity index (χ0v) is 12.5. The molecule has 0 aliphatic heterocycles. The van der Waals surface area contributed by atoms with E-state index in [-0.39, 0.29) is 24.4 Å². The third kappa shape index (κ3) is 3.87. The quantitative estimate of drug-likeness (QED) is 0.859. The molecule has 6 heteroatoms. The first kappa shape index (κ1) is 15.2. The van der Waals surface area contributed by atoms with Gasteiger partial charge in [-0.05, 0) is 25.0 Å². The summed E-state index contributed by atoms with van der Waals surface area (Å²) >= 11 is 0. The molecule has 1 aliphatic carbocycles. The predicted molar refractivity (Wildman–Crippen MR) is 78.7 cm³/mol. The van der Waals surface area contributed by atoms with Crippen molar-refractivity contribution < 1.29 is 19.1 Å². The smallest absolute Gasteiger partial charge is 0.240 e. The molecular formula is C15H20N2O4. The first-order valence-electron chi connectivity index (χ1n) is 6.84. The van der Waals surface area contributed by atoms with Gasteiger partial charge in [0.2, 0.25) is 11.8 Å². The van der Waals surface area contributed by atoms with Crippen molar-refractivity contribution in [2.45, 2.75) is 25.8 Å². The van der Waals surface area contributed by atoms with E-state index in [1.54, 1.807) is 25.3 Å². The molecule has 0 aromatic heterocycles. The van der Waals surface area contributed by atoms with E-state index in [2.05, 4.69) is 5.32 Å². The van der Waals surface area contributed by atoms with Gasteiger partial charge in [0, 0.05) is 19.0 Å². The molecule has 1 aromatic rings. The van der Waals surface area contributed by atoms with Crippen LogP contribution in [0.4, 0.5) is 5.69 Å². The number of nitrogens with one attached hydrogen (secondary N) is 1. The Morgan fingerprint density at radius 2 is 2.00 bits per heavy atom. The van der Waals surface area contributed by atoms with E-state index in [0.29, 0.717) is 17.2 Å². The van der Waals surface area contributed by atoms with Gasteiger partial charge in [-0.2, -0.15) is 0 Å². The number of nitrogens with zero attached hydrogens (tertiary/aromatic N) is 1. The van der Waals surface area contributed by atoms with Crippen LogP contribution in [0.2, 0.25) is 0 Å². The van der Waals surface area contributed by atoms with Crippen molar-refractivity contribution in [2.75, 3.05) is 25.7 Å². The Balaban J connectivity index is 2.23. The lowest BCUT2D eigenvalue weighted by atomic mass is 10.2. The summed E-state index contributed by atoms with van der Waals surface area (Å²) in [4.78, 5) is 25.2. The van der Waals surface area contributed by atoms with Gasteiger partial charge in [-0.25, -0.2) is 0 Å². The molecule has 1 fully saturated rings. The molecule has 1 N–H and O–H groups in total. The molecule has 0 unspecified atom stereocenters. The van der Waals surface area contributed by atoms with Crippen molar-refractivity contribution in [1.82, 2.24) is 5.32 Å². The zero-order valence-electron chi connectivity index (χ0n) is 12.5. The summed E-state index contributed by atoms with van der Waals surface area (Å²) < 4.78 is 10.4. The summed E-state index contributed by atoms with van der Waals surface area (Å²) in [7, 11) is 3.07. The SMILES string of the molecule is COc1ccc(OC)c(N(CC(=O)NC2CC2)C(C)=O)c1. The number of hydrogen-bond donors (Lipinski definition) is 1. The molecule has 1 aliphatic rings. The van der Waals surface area contributed by atoms with Crippen molar-refractivity contribution in [2.24, 2.45) is 0 Å². The average molecular weight is 292 g/mol. The minimum Gasteiger partial charge on any atom is -0.497 e. The van der Waals surface area contributed by atoms with Gasteiger partial charge in [0.1, 0.15) is 18.0 Å². The fourth-order valence-electron chi connectivity index (χ4n) is 2.02. The topological polar surface area (TPSA) is 67.9 Å². The Kier molecular flexibility index (Phi) is 4.67. The van der Waals surface area contributed by atoms with E-state index in [1.807, 2.05) is 0 Å². The summed E-state index contributed by atoms with van der Waals surface area (Å²) in [6.07, 6.45) is 2.02. The summed E-state index contributed by atoms with van der Waals surface area (Å²) in [5.41, 5.74) is 0.523. The molecule has 2 rings (SSSR count). The maximum atomic E-state index is 12.0. The van der Waals surface area contributed by atoms with Crippen molar-refractivity contribution in [3.63, 3.8) is 0 Å². The van der Waals surface area contributed by atoms with Crippen LogP contribution in [0.3, 0.4) is 0 Å². The highest BCUT2D eigenvalue weighted by Gasteiger charge is 2.26. The van der Waals surface area contributed by atoms with Gasteiger partial charge in [0.15, 0.2) is 0 Å². The van der Waals surface area contributed by atoms with Crippen molar-refractivity contribution in [3.8, 4) is 11.5 Å². The zero-order chi connectivity index (χ0) is 15.4. The van der Waals surface area contributed by atoms with E-state index in [9.17, 15) is 9.59 Å². The number of carbonyl (C=O) groups excluding carboxylic acids is 2. The van der Waals surface area contributed by atoms with Gasteiger partial charge in [0.25, 0.3) is 0 Å². The summed E-state index contributed by atoms with van der Waals surface area (Å²) in [6.45, 7) is 1.39. The Bertz CT molecular complexity index is 540. The lowest BCUT2D eigenvalue weighted by Crippen LogP contribution is -2.40. The van der Waals surface area contributed by atoms with Crippen LogP contribution in [0.25, 0.3) is 0 Å². The van der Waals surface area contributed by atoms with Crippen LogP contribution in [0.1, 0.15) is 19.8 Å². The van der Waals surface area contributed by atoms with Crippen LogP contribution in [0.15, 0.2) is 18.2 Å². The Morgan fingerprint density at radius 3 is 2.52 bits per heavy atom. The van der Waals surface area contributed by atoms with Crippen LogP contribution in [-0.2, 0) is 9.59 Å². The molecule has 2 amide bonds. The summed E-state index contributed by atoms with van der Waals surface area (Å²) in [5, 5.41) is 2.87. The minimum atomic E-state index is -0.229. The molecule has 1 aromatic carbocycles. The predicted octanol–water partition coefficient (Wildman–Crippen LogP) is 1.34. The van der Waals surface area contributed by atoms with Gasteiger partial charge in [-0.15, -0.1) is 0 Å². The monoisotopic (exact) mass is 292 g/mol. The van der Waals surface area contributed by atoms with Crippen molar-refractivity contribution >= 4 is 17.5 Å². The molecule has 114 valence electrons. The van der Waals surface area contributed by atoms with Crippen LogP contribution >= 0.6 is 0 Å². The first-order valence-corrected chi connectivity index (χ1v) is 6.84. The fraction of sp³-hybridized carbons (Fsp3) is 0.467. The van der Waals surface area contributed by atoms with Crippen molar-refractivity contribution in [1.29, 1.82) is 0 Å². The number of amides is 2. The highest BCUT2D eigenvalue weighted by atomic mass is 16.5. The molecule has 0 radical (unpaired) electrons. The summed E-state index contributed by atoms with van der Waals surface area (Å²) in [6, 6.07) is 5.40. The maximum absolute atomic E-state index is 12.0. The van der Waals surface area contributed by atoms with Crippen LogP contribution in [0.5, 0.6) is 11.5 Å². The molecule has 21 heavy (non-hydrogen) atoms. The molecule has 6 nitrogen and oxygen atoms in total. The first-order chi connectivity index (χ1) is 10.0. The molecule has 1 saturated carbocycles. The van der Waals surface area contributed by atoms with E-state index in [1.165, 1.54) is 18.9 Å². The largest absolute Gasteiger partial charge is 0.497 e. The third-order valence-electron chi connectivity index (χ3n) is 3.30. The van der Waals surface area contributed by atoms with E-state index < -0.39 is 0 Å². The number of ether oxygens (including phenoxy) is 2. The van der Waals surface area contributed by atoms with Gasteiger partial charge in [-0.3, -0.25) is 14.5 Å². The highest BCUT2D eigenvalue weighted by molar-refractivity contribution is 5.99. The van der Waals surface area contributed by atoms with Gasteiger partial charge >= 0.3 is 0 Å². The molecule has 0 atom stereocenters. The van der Waals surface area contributed by atoms with Crippen LogP contribution in [0, 0.1) is 0 Å². The van der Waals surface area contributed by atoms with Gasteiger partial charge in [0.05, 0.1) is 19.9 Å². The Labute approximate surface area is 124 Å². The normalized spacial score (nSPS) is 13.5. The second-order valence-corrected chi connectivity index (χ2v) is 4.98. The standard InChI is InChI=1S/C15H20N2O4/c1-10(18)17(9-15(19)16-11-4-5-11)13-8-12(20-2)6-7-14(13)21-3/h6-8,11H,4-5,9H2,1-3H3,(H,16,19). The molecule has 0 bridgehead atoms. The number of hydrogen-bond acceptors (Lipinski definition) is 4. The second-order valence-electron chi connectivity index (χ2n) is 4.98. The minimum absolute atomic E-state index is 0.0324. The lowest BCUT2D eigenvalue weighted by molar-refractivity contribution is -0.123. The number of anilines is 1. The molecular weight excluding hydrogens is 272 g/mol. The maximum Gasteiger partial charge on any atom is 0.240 e. The number of benzene rings is 1. The molecule has 0 saturated heterocycles. The summed E-state index contributed by atoms with van der Waals surface area (Å²) in [5.74, 6) is 0.718. The fourth-order valence-corrected chi connectivity index (χ4v) is 2.02.